The van der Waals surface area contributed by atoms with Crippen LogP contribution >= 0.6 is 15.9 Å². The number of pyridine rings is 1. The van der Waals surface area contributed by atoms with Crippen molar-refractivity contribution in [1.82, 2.24) is 4.98 Å². The maximum absolute atomic E-state index is 5.61. The van der Waals surface area contributed by atoms with Crippen LogP contribution in [0.5, 0.6) is 5.75 Å². The Morgan fingerprint density at radius 1 is 1.19 bits per heavy atom. The number of ether oxygens (including phenoxy) is 1. The summed E-state index contributed by atoms with van der Waals surface area (Å²) in [5.41, 5.74) is 2.01. The molecule has 0 fully saturated rings. The number of halogens is 1. The molecule has 0 aliphatic carbocycles. The van der Waals surface area contributed by atoms with Gasteiger partial charge in [-0.2, -0.15) is 0 Å². The number of aromatic nitrogens is 1. The molecule has 0 aliphatic rings. The van der Waals surface area contributed by atoms with Gasteiger partial charge in [-0.25, -0.2) is 0 Å². The van der Waals surface area contributed by atoms with E-state index in [1.807, 2.05) is 39.8 Å². The van der Waals surface area contributed by atoms with Gasteiger partial charge in [0, 0.05) is 11.0 Å². The van der Waals surface area contributed by atoms with E-state index in [-0.39, 0.29) is 0 Å². The van der Waals surface area contributed by atoms with Crippen LogP contribution in [0.1, 0.15) is 38.1 Å². The summed E-state index contributed by atoms with van der Waals surface area (Å²) >= 11 is 3.39. The van der Waals surface area contributed by atoms with Gasteiger partial charge in [-0.3, -0.25) is 4.98 Å². The molecule has 0 unspecified atom stereocenters. The van der Waals surface area contributed by atoms with E-state index in [1.54, 1.807) is 0 Å². The van der Waals surface area contributed by atoms with Gasteiger partial charge in [0.2, 0.25) is 0 Å². The largest absolute Gasteiger partial charge is 0.492 e. The van der Waals surface area contributed by atoms with E-state index >= 15 is 0 Å². The summed E-state index contributed by atoms with van der Waals surface area (Å²) < 4.78 is 5.61. The predicted molar refractivity (Wildman–Crippen MR) is 73.6 cm³/mol. The Morgan fingerprint density at radius 3 is 2.44 bits per heavy atom. The molecule has 0 bridgehead atoms. The van der Waals surface area contributed by atoms with Crippen LogP contribution in [0.3, 0.4) is 0 Å². The van der Waals surface area contributed by atoms with Crippen molar-refractivity contribution >= 4 is 15.9 Å². The van der Waals surface area contributed by atoms with Crippen molar-refractivity contribution in [2.24, 2.45) is 0 Å². The van der Waals surface area contributed by atoms with Crippen molar-refractivity contribution in [3.63, 3.8) is 0 Å². The smallest absolute Gasteiger partial charge is 0.140 e. The minimum absolute atomic E-state index is 0.775. The molecule has 0 saturated heterocycles. The molecule has 0 aliphatic heterocycles. The summed E-state index contributed by atoms with van der Waals surface area (Å²) in [6.07, 6.45) is 2.23. The third-order valence-corrected chi connectivity index (χ3v) is 2.52. The Morgan fingerprint density at radius 2 is 1.88 bits per heavy atom. The average Bonchev–Trinajstić information content (AvgIpc) is 2.29. The van der Waals surface area contributed by atoms with Gasteiger partial charge in [0.05, 0.1) is 12.3 Å². The summed E-state index contributed by atoms with van der Waals surface area (Å²) in [6, 6.07) is 3.97. The Labute approximate surface area is 108 Å². The van der Waals surface area contributed by atoms with E-state index in [0.717, 1.165) is 41.9 Å². The van der Waals surface area contributed by atoms with Crippen molar-refractivity contribution in [2.45, 2.75) is 40.5 Å². The molecular weight excluding hydrogens is 266 g/mol. The number of unbranched alkanes of at least 4 members (excludes halogenated alkanes) is 1. The van der Waals surface area contributed by atoms with Gasteiger partial charge in [0.1, 0.15) is 5.75 Å². The molecule has 2 nitrogen and oxygen atoms in total. The van der Waals surface area contributed by atoms with Crippen molar-refractivity contribution < 1.29 is 4.74 Å². The molecule has 1 rings (SSSR count). The van der Waals surface area contributed by atoms with Crippen LogP contribution < -0.4 is 4.74 Å². The number of nitrogens with zero attached hydrogens (tertiary/aromatic N) is 1. The normalized spacial score (nSPS) is 9.31. The van der Waals surface area contributed by atoms with Crippen LogP contribution in [0.25, 0.3) is 0 Å². The van der Waals surface area contributed by atoms with E-state index in [2.05, 4.69) is 20.9 Å². The first kappa shape index (κ1) is 15.4. The fraction of sp³-hybridized carbons (Fsp3) is 0.615. The Kier molecular flexibility index (Phi) is 9.30. The zero-order chi connectivity index (χ0) is 12.4. The molecule has 92 valence electrons. The highest BCUT2D eigenvalue weighted by Crippen LogP contribution is 2.15. The fourth-order valence-electron chi connectivity index (χ4n) is 1.21. The maximum Gasteiger partial charge on any atom is 0.140 e. The molecule has 1 aromatic heterocycles. The van der Waals surface area contributed by atoms with Gasteiger partial charge < -0.3 is 4.74 Å². The number of alkyl halides is 1. The zero-order valence-corrected chi connectivity index (χ0v) is 12.3. The van der Waals surface area contributed by atoms with Gasteiger partial charge in [0.25, 0.3) is 0 Å². The second kappa shape index (κ2) is 9.64. The SMILES string of the molecule is CC.Cc1ccc(OCCCCBr)c(C)n1. The lowest BCUT2D eigenvalue weighted by atomic mass is 10.3. The maximum atomic E-state index is 5.61. The lowest BCUT2D eigenvalue weighted by molar-refractivity contribution is 0.306. The topological polar surface area (TPSA) is 22.1 Å². The van der Waals surface area contributed by atoms with E-state index < -0.39 is 0 Å². The van der Waals surface area contributed by atoms with E-state index in [0.29, 0.717) is 0 Å². The Bertz CT molecular complexity index is 289. The van der Waals surface area contributed by atoms with Crippen molar-refractivity contribution in [3.05, 3.63) is 23.5 Å². The summed E-state index contributed by atoms with van der Waals surface area (Å²) in [5.74, 6) is 0.908. The second-order valence-corrected chi connectivity index (χ2v) is 4.07. The molecule has 0 spiro atoms. The summed E-state index contributed by atoms with van der Waals surface area (Å²) in [5, 5.41) is 1.04. The molecule has 0 atom stereocenters. The van der Waals surface area contributed by atoms with Gasteiger partial charge in [-0.1, -0.05) is 29.8 Å². The van der Waals surface area contributed by atoms with Crippen LogP contribution in [-0.2, 0) is 0 Å². The standard InChI is InChI=1S/C11H16BrNO.C2H6/c1-9-5-6-11(10(2)13-9)14-8-4-3-7-12;1-2/h5-6H,3-4,7-8H2,1-2H3;1-2H3. The number of aryl methyl sites for hydroxylation is 2. The fourth-order valence-corrected chi connectivity index (χ4v) is 1.60. The Hall–Kier alpha value is -0.570. The molecule has 1 heterocycles. The monoisotopic (exact) mass is 287 g/mol. The highest BCUT2D eigenvalue weighted by atomic mass is 79.9. The van der Waals surface area contributed by atoms with Crippen LogP contribution in [-0.4, -0.2) is 16.9 Å². The van der Waals surface area contributed by atoms with E-state index in [4.69, 9.17) is 4.74 Å². The summed E-state index contributed by atoms with van der Waals surface area (Å²) in [6.45, 7) is 8.74. The molecule has 0 aromatic carbocycles. The lowest BCUT2D eigenvalue weighted by Crippen LogP contribution is -2.00. The van der Waals surface area contributed by atoms with Gasteiger partial charge in [0.15, 0.2) is 0 Å². The van der Waals surface area contributed by atoms with Crippen LogP contribution in [0.2, 0.25) is 0 Å². The second-order valence-electron chi connectivity index (χ2n) is 3.28. The Balaban J connectivity index is 0.00000106. The molecule has 16 heavy (non-hydrogen) atoms. The van der Waals surface area contributed by atoms with E-state index in [1.165, 1.54) is 0 Å². The minimum Gasteiger partial charge on any atom is -0.492 e. The van der Waals surface area contributed by atoms with Crippen molar-refractivity contribution in [1.29, 1.82) is 0 Å². The third-order valence-electron chi connectivity index (χ3n) is 1.96. The first-order valence-electron chi connectivity index (χ1n) is 5.87. The average molecular weight is 288 g/mol. The van der Waals surface area contributed by atoms with Gasteiger partial charge in [-0.15, -0.1) is 0 Å². The lowest BCUT2D eigenvalue weighted by Gasteiger charge is -2.08. The quantitative estimate of drug-likeness (QED) is 0.596. The molecule has 0 saturated carbocycles. The third kappa shape index (κ3) is 6.11. The molecule has 1 aromatic rings. The molecule has 0 amide bonds. The molecular formula is C13H22BrNO. The summed E-state index contributed by atoms with van der Waals surface area (Å²) in [7, 11) is 0. The highest BCUT2D eigenvalue weighted by molar-refractivity contribution is 9.09. The zero-order valence-electron chi connectivity index (χ0n) is 10.7. The highest BCUT2D eigenvalue weighted by Gasteiger charge is 1.99. The van der Waals surface area contributed by atoms with Crippen molar-refractivity contribution in [3.8, 4) is 5.75 Å². The summed E-state index contributed by atoms with van der Waals surface area (Å²) in [4.78, 5) is 4.34. The van der Waals surface area contributed by atoms with Crippen LogP contribution in [0.4, 0.5) is 0 Å². The first-order valence-corrected chi connectivity index (χ1v) is 6.99. The number of hydrogen-bond acceptors (Lipinski definition) is 2. The van der Waals surface area contributed by atoms with Crippen molar-refractivity contribution in [2.75, 3.05) is 11.9 Å². The van der Waals surface area contributed by atoms with Crippen LogP contribution in [0.15, 0.2) is 12.1 Å². The molecule has 0 N–H and O–H groups in total. The molecule has 0 radical (unpaired) electrons. The van der Waals surface area contributed by atoms with E-state index in [9.17, 15) is 0 Å². The molecule has 3 heteroatoms. The number of rotatable bonds is 5. The van der Waals surface area contributed by atoms with Gasteiger partial charge >= 0.3 is 0 Å². The minimum atomic E-state index is 0.775. The first-order chi connectivity index (χ1) is 7.74. The predicted octanol–water partition coefficient (Wildman–Crippen LogP) is 4.28. The van der Waals surface area contributed by atoms with Gasteiger partial charge in [-0.05, 0) is 38.8 Å². The number of hydrogen-bond donors (Lipinski definition) is 0. The van der Waals surface area contributed by atoms with Crippen LogP contribution in [0, 0.1) is 13.8 Å².